The lowest BCUT2D eigenvalue weighted by molar-refractivity contribution is -0.136. The maximum atomic E-state index is 12.8. The van der Waals surface area contributed by atoms with Crippen molar-refractivity contribution < 1.29 is 14.3 Å². The normalized spacial score (nSPS) is 19.2. The zero-order valence-electron chi connectivity index (χ0n) is 18.5. The molecule has 1 atom stereocenters. The number of esters is 1. The first kappa shape index (κ1) is 23.4. The van der Waals surface area contributed by atoms with Gasteiger partial charge in [0.1, 0.15) is 0 Å². The van der Waals surface area contributed by atoms with Gasteiger partial charge in [0.2, 0.25) is 0 Å². The van der Waals surface area contributed by atoms with Crippen LogP contribution < -0.4 is 15.5 Å². The monoisotopic (exact) mass is 488 g/mol. The van der Waals surface area contributed by atoms with E-state index >= 15 is 0 Å². The average Bonchev–Trinajstić information content (AvgIpc) is 2.81. The van der Waals surface area contributed by atoms with Crippen molar-refractivity contribution in [2.24, 2.45) is 0 Å². The van der Waals surface area contributed by atoms with Gasteiger partial charge in [-0.2, -0.15) is 0 Å². The van der Waals surface area contributed by atoms with E-state index < -0.39 is 12.0 Å². The Labute approximate surface area is 203 Å². The Morgan fingerprint density at radius 1 is 1.12 bits per heavy atom. The van der Waals surface area contributed by atoms with E-state index in [0.717, 1.165) is 31.9 Å². The Morgan fingerprint density at radius 2 is 1.85 bits per heavy atom. The third kappa shape index (κ3) is 5.11. The molecule has 0 unspecified atom stereocenters. The molecule has 9 heteroatoms. The second-order valence-corrected chi connectivity index (χ2v) is 8.97. The smallest absolute Gasteiger partial charge is 0.338 e. The third-order valence-corrected chi connectivity index (χ3v) is 6.62. The quantitative estimate of drug-likeness (QED) is 0.624. The second kappa shape index (κ2) is 10.0. The second-order valence-electron chi connectivity index (χ2n) is 8.13. The fourth-order valence-electron chi connectivity index (χ4n) is 4.33. The van der Waals surface area contributed by atoms with Crippen LogP contribution in [0.5, 0.6) is 0 Å². The van der Waals surface area contributed by atoms with E-state index in [1.807, 2.05) is 24.3 Å². The van der Waals surface area contributed by atoms with Gasteiger partial charge in [-0.3, -0.25) is 4.90 Å². The maximum absolute atomic E-state index is 12.8. The van der Waals surface area contributed by atoms with E-state index in [-0.39, 0.29) is 6.03 Å². The average molecular weight is 489 g/mol. The Bertz CT molecular complexity index is 1100. The molecule has 2 heterocycles. The summed E-state index contributed by atoms with van der Waals surface area (Å²) < 4.78 is 5.06. The number of nitrogens with one attached hydrogen (secondary N) is 2. The number of rotatable bonds is 5. The molecule has 0 radical (unpaired) electrons. The molecule has 0 bridgehead atoms. The first-order chi connectivity index (χ1) is 15.9. The zero-order chi connectivity index (χ0) is 23.5. The van der Waals surface area contributed by atoms with Gasteiger partial charge in [0.05, 0.1) is 18.7 Å². The number of methoxy groups -OCH3 is 1. The summed E-state index contributed by atoms with van der Waals surface area (Å²) in [5, 5.41) is 6.82. The standard InChI is InChI=1S/C24H26Cl2N4O3/c1-15-7-8-16(25)13-20(15)30-11-9-29(10-12-30)14-19-21(23(31)33-2)22(28-24(32)27-19)17-5-3-4-6-18(17)26/h3-8,13,22H,9-12,14H2,1-2H3,(H2,27,28,32)/t22-/m1/s1. The van der Waals surface area contributed by atoms with Crippen molar-refractivity contribution in [3.05, 3.63) is 74.9 Å². The van der Waals surface area contributed by atoms with Crippen molar-refractivity contribution in [3.63, 3.8) is 0 Å². The summed E-state index contributed by atoms with van der Waals surface area (Å²) in [4.78, 5) is 29.8. The van der Waals surface area contributed by atoms with Crippen LogP contribution in [0.4, 0.5) is 10.5 Å². The van der Waals surface area contributed by atoms with Crippen molar-refractivity contribution in [2.75, 3.05) is 44.7 Å². The minimum absolute atomic E-state index is 0.360. The molecule has 33 heavy (non-hydrogen) atoms. The van der Waals surface area contributed by atoms with E-state index in [0.29, 0.717) is 33.4 Å². The van der Waals surface area contributed by atoms with Crippen molar-refractivity contribution in [1.82, 2.24) is 15.5 Å². The van der Waals surface area contributed by atoms with Crippen LogP contribution in [-0.4, -0.2) is 56.7 Å². The highest BCUT2D eigenvalue weighted by atomic mass is 35.5. The number of carbonyl (C=O) groups is 2. The van der Waals surface area contributed by atoms with Crippen molar-refractivity contribution >= 4 is 40.9 Å². The van der Waals surface area contributed by atoms with Crippen LogP contribution in [0.1, 0.15) is 17.2 Å². The summed E-state index contributed by atoms with van der Waals surface area (Å²) in [7, 11) is 1.33. The highest BCUT2D eigenvalue weighted by Gasteiger charge is 2.35. The number of amides is 2. The van der Waals surface area contributed by atoms with Gasteiger partial charge in [-0.05, 0) is 36.2 Å². The van der Waals surface area contributed by atoms with E-state index in [1.54, 1.807) is 18.2 Å². The van der Waals surface area contributed by atoms with Gasteiger partial charge >= 0.3 is 12.0 Å². The number of aryl methyl sites for hydroxylation is 1. The van der Waals surface area contributed by atoms with Crippen molar-refractivity contribution in [3.8, 4) is 0 Å². The van der Waals surface area contributed by atoms with E-state index in [4.69, 9.17) is 27.9 Å². The predicted molar refractivity (Wildman–Crippen MR) is 130 cm³/mol. The molecule has 2 amide bonds. The number of hydrogen-bond acceptors (Lipinski definition) is 5. The van der Waals surface area contributed by atoms with Gasteiger partial charge in [-0.1, -0.05) is 47.5 Å². The number of nitrogens with zero attached hydrogens (tertiary/aromatic N) is 2. The molecule has 0 spiro atoms. The maximum Gasteiger partial charge on any atom is 0.338 e. The molecule has 4 rings (SSSR count). The summed E-state index contributed by atoms with van der Waals surface area (Å²) in [6.07, 6.45) is 0. The minimum Gasteiger partial charge on any atom is -0.466 e. The lowest BCUT2D eigenvalue weighted by Gasteiger charge is -2.38. The number of ether oxygens (including phenoxy) is 1. The number of halogens is 2. The largest absolute Gasteiger partial charge is 0.466 e. The van der Waals surface area contributed by atoms with Gasteiger partial charge in [0.15, 0.2) is 0 Å². The molecule has 0 aliphatic carbocycles. The third-order valence-electron chi connectivity index (χ3n) is 6.04. The van der Waals surface area contributed by atoms with Gasteiger partial charge in [0, 0.05) is 54.2 Å². The molecule has 0 aromatic heterocycles. The number of anilines is 1. The molecule has 1 fully saturated rings. The molecule has 2 aromatic rings. The fraction of sp³-hybridized carbons (Fsp3) is 0.333. The van der Waals surface area contributed by atoms with Crippen LogP contribution in [0.3, 0.4) is 0 Å². The van der Waals surface area contributed by atoms with Crippen molar-refractivity contribution in [2.45, 2.75) is 13.0 Å². The molecular formula is C24H26Cl2N4O3. The van der Waals surface area contributed by atoms with Crippen LogP contribution >= 0.6 is 23.2 Å². The summed E-state index contributed by atoms with van der Waals surface area (Å²) in [5.74, 6) is -0.504. The Morgan fingerprint density at radius 3 is 2.55 bits per heavy atom. The van der Waals surface area contributed by atoms with Gasteiger partial charge in [0.25, 0.3) is 0 Å². The van der Waals surface area contributed by atoms with Crippen LogP contribution in [0, 0.1) is 6.92 Å². The fourth-order valence-corrected chi connectivity index (χ4v) is 4.74. The lowest BCUT2D eigenvalue weighted by Crippen LogP contribution is -2.52. The van der Waals surface area contributed by atoms with Gasteiger partial charge in [-0.25, -0.2) is 9.59 Å². The van der Waals surface area contributed by atoms with Crippen LogP contribution in [0.25, 0.3) is 0 Å². The van der Waals surface area contributed by atoms with Crippen LogP contribution in [-0.2, 0) is 9.53 Å². The van der Waals surface area contributed by atoms with Crippen LogP contribution in [0.15, 0.2) is 53.7 Å². The number of benzene rings is 2. The molecule has 7 nitrogen and oxygen atoms in total. The molecule has 2 aliphatic rings. The summed E-state index contributed by atoms with van der Waals surface area (Å²) in [6, 6.07) is 12.0. The molecule has 2 N–H and O–H groups in total. The Kier molecular flexibility index (Phi) is 7.12. The molecule has 2 aromatic carbocycles. The summed E-state index contributed by atoms with van der Waals surface area (Å²) in [6.45, 7) is 5.64. The molecule has 1 saturated heterocycles. The Hall–Kier alpha value is -2.74. The molecule has 174 valence electrons. The highest BCUT2D eigenvalue weighted by molar-refractivity contribution is 6.31. The highest BCUT2D eigenvalue weighted by Crippen LogP contribution is 2.32. The number of piperazine rings is 1. The summed E-state index contributed by atoms with van der Waals surface area (Å²) in [5.41, 5.74) is 3.84. The molecule has 0 saturated carbocycles. The van der Waals surface area contributed by atoms with E-state index in [9.17, 15) is 9.59 Å². The van der Waals surface area contributed by atoms with Gasteiger partial charge in [-0.15, -0.1) is 0 Å². The van der Waals surface area contributed by atoms with Gasteiger partial charge < -0.3 is 20.3 Å². The summed E-state index contributed by atoms with van der Waals surface area (Å²) >= 11 is 12.6. The SMILES string of the molecule is COC(=O)C1=C(CN2CCN(c3cc(Cl)ccc3C)CC2)NC(=O)N[C@@H]1c1ccccc1Cl. The first-order valence-electron chi connectivity index (χ1n) is 10.7. The number of hydrogen-bond donors (Lipinski definition) is 2. The molecule has 2 aliphatic heterocycles. The zero-order valence-corrected chi connectivity index (χ0v) is 20.0. The number of carbonyl (C=O) groups excluding carboxylic acids is 2. The van der Waals surface area contributed by atoms with E-state index in [2.05, 4.69) is 27.4 Å². The first-order valence-corrected chi connectivity index (χ1v) is 11.5. The van der Waals surface area contributed by atoms with Crippen LogP contribution in [0.2, 0.25) is 10.0 Å². The molecular weight excluding hydrogens is 463 g/mol. The van der Waals surface area contributed by atoms with E-state index in [1.165, 1.54) is 12.7 Å². The van der Waals surface area contributed by atoms with Crippen molar-refractivity contribution in [1.29, 1.82) is 0 Å². The topological polar surface area (TPSA) is 73.9 Å². The Balaban J connectivity index is 1.56. The number of urea groups is 1. The minimum atomic E-state index is -0.690. The predicted octanol–water partition coefficient (Wildman–Crippen LogP) is 3.91. The lowest BCUT2D eigenvalue weighted by atomic mass is 9.95.